The molecule has 1 aliphatic rings. The summed E-state index contributed by atoms with van der Waals surface area (Å²) in [4.78, 5) is 9.52. The van der Waals surface area contributed by atoms with Gasteiger partial charge in [0.1, 0.15) is 5.82 Å². The fourth-order valence-corrected chi connectivity index (χ4v) is 2.84. The molecule has 0 atom stereocenters. The fourth-order valence-electron chi connectivity index (χ4n) is 2.84. The molecular formula is C17H21N3O. The molecule has 0 bridgehead atoms. The number of rotatable bonds is 5. The van der Waals surface area contributed by atoms with Gasteiger partial charge in [-0.05, 0) is 37.8 Å². The highest BCUT2D eigenvalue weighted by Gasteiger charge is 2.19. The monoisotopic (exact) mass is 283 g/mol. The van der Waals surface area contributed by atoms with Crippen molar-refractivity contribution in [1.82, 2.24) is 9.97 Å². The number of anilines is 1. The Balaban J connectivity index is 2.02. The second-order valence-electron chi connectivity index (χ2n) is 5.34. The van der Waals surface area contributed by atoms with Crippen molar-refractivity contribution in [3.8, 4) is 11.4 Å². The molecule has 21 heavy (non-hydrogen) atoms. The van der Waals surface area contributed by atoms with Gasteiger partial charge in [0.2, 0.25) is 0 Å². The number of hydrogen-bond donors (Lipinski definition) is 1. The van der Waals surface area contributed by atoms with Gasteiger partial charge in [-0.1, -0.05) is 18.2 Å². The largest absolute Gasteiger partial charge is 0.380 e. The molecule has 0 aliphatic heterocycles. The van der Waals surface area contributed by atoms with Crippen molar-refractivity contribution in [3.05, 3.63) is 41.1 Å². The second-order valence-corrected chi connectivity index (χ2v) is 5.34. The van der Waals surface area contributed by atoms with E-state index in [1.165, 1.54) is 17.7 Å². The summed E-state index contributed by atoms with van der Waals surface area (Å²) in [5, 5.41) is 3.38. The number of methoxy groups -OCH3 is 1. The Bertz CT molecular complexity index is 640. The predicted octanol–water partition coefficient (Wildman–Crippen LogP) is 3.21. The highest BCUT2D eigenvalue weighted by Crippen LogP contribution is 2.29. The van der Waals surface area contributed by atoms with Gasteiger partial charge >= 0.3 is 0 Å². The average Bonchev–Trinajstić information content (AvgIpc) is 2.97. The maximum Gasteiger partial charge on any atom is 0.161 e. The Morgan fingerprint density at radius 1 is 1.24 bits per heavy atom. The Hall–Kier alpha value is -1.94. The molecule has 0 spiro atoms. The van der Waals surface area contributed by atoms with Crippen LogP contribution in [-0.4, -0.2) is 23.6 Å². The minimum Gasteiger partial charge on any atom is -0.380 e. The van der Waals surface area contributed by atoms with Crippen molar-refractivity contribution < 1.29 is 4.74 Å². The van der Waals surface area contributed by atoms with Crippen LogP contribution in [0.5, 0.6) is 0 Å². The van der Waals surface area contributed by atoms with Crippen LogP contribution in [0.15, 0.2) is 24.3 Å². The zero-order chi connectivity index (χ0) is 14.7. The first-order valence-electron chi connectivity index (χ1n) is 7.53. The summed E-state index contributed by atoms with van der Waals surface area (Å²) in [6.07, 6.45) is 3.32. The molecule has 3 rings (SSSR count). The Kier molecular flexibility index (Phi) is 4.15. The molecule has 0 unspecified atom stereocenters. The molecular weight excluding hydrogens is 262 g/mol. The average molecular weight is 283 g/mol. The first kappa shape index (κ1) is 14.0. The van der Waals surface area contributed by atoms with E-state index in [1.54, 1.807) is 7.11 Å². The van der Waals surface area contributed by atoms with Crippen molar-refractivity contribution in [1.29, 1.82) is 0 Å². The molecule has 1 heterocycles. The van der Waals surface area contributed by atoms with Crippen LogP contribution < -0.4 is 5.32 Å². The van der Waals surface area contributed by atoms with E-state index in [0.29, 0.717) is 6.61 Å². The molecule has 0 fully saturated rings. The number of aryl methyl sites for hydroxylation is 1. The summed E-state index contributed by atoms with van der Waals surface area (Å²) in [6.45, 7) is 3.59. The SMILES string of the molecule is CCNc1nc(-c2cccc(COC)c2)nc2c1CCC2. The van der Waals surface area contributed by atoms with E-state index in [4.69, 9.17) is 14.7 Å². The van der Waals surface area contributed by atoms with Gasteiger partial charge in [-0.3, -0.25) is 0 Å². The van der Waals surface area contributed by atoms with Crippen LogP contribution in [-0.2, 0) is 24.2 Å². The van der Waals surface area contributed by atoms with Gasteiger partial charge in [0, 0.05) is 30.5 Å². The smallest absolute Gasteiger partial charge is 0.161 e. The third-order valence-electron chi connectivity index (χ3n) is 3.77. The van der Waals surface area contributed by atoms with Gasteiger partial charge in [0.15, 0.2) is 5.82 Å². The lowest BCUT2D eigenvalue weighted by Crippen LogP contribution is -2.06. The number of fused-ring (bicyclic) bond motifs is 1. The normalized spacial score (nSPS) is 13.2. The zero-order valence-electron chi connectivity index (χ0n) is 12.6. The summed E-state index contributed by atoms with van der Waals surface area (Å²) in [7, 11) is 1.71. The summed E-state index contributed by atoms with van der Waals surface area (Å²) in [5.74, 6) is 1.82. The van der Waals surface area contributed by atoms with E-state index in [1.807, 2.05) is 6.07 Å². The third-order valence-corrected chi connectivity index (χ3v) is 3.77. The number of benzene rings is 1. The molecule has 0 saturated heterocycles. The van der Waals surface area contributed by atoms with E-state index in [2.05, 4.69) is 30.4 Å². The van der Waals surface area contributed by atoms with Crippen molar-refractivity contribution in [2.24, 2.45) is 0 Å². The van der Waals surface area contributed by atoms with Crippen LogP contribution in [0, 0.1) is 0 Å². The lowest BCUT2D eigenvalue weighted by Gasteiger charge is -2.11. The van der Waals surface area contributed by atoms with E-state index in [0.717, 1.165) is 42.2 Å². The van der Waals surface area contributed by atoms with Gasteiger partial charge in [-0.2, -0.15) is 0 Å². The molecule has 0 saturated carbocycles. The topological polar surface area (TPSA) is 47.0 Å². The quantitative estimate of drug-likeness (QED) is 0.915. The van der Waals surface area contributed by atoms with Gasteiger partial charge in [-0.15, -0.1) is 0 Å². The summed E-state index contributed by atoms with van der Waals surface area (Å²) < 4.78 is 5.20. The molecule has 1 aliphatic carbocycles. The number of nitrogens with one attached hydrogen (secondary N) is 1. The summed E-state index contributed by atoms with van der Waals surface area (Å²) >= 11 is 0. The van der Waals surface area contributed by atoms with Crippen LogP contribution in [0.25, 0.3) is 11.4 Å². The zero-order valence-corrected chi connectivity index (χ0v) is 12.6. The minimum atomic E-state index is 0.610. The van der Waals surface area contributed by atoms with Gasteiger partial charge < -0.3 is 10.1 Å². The first-order valence-corrected chi connectivity index (χ1v) is 7.53. The molecule has 0 radical (unpaired) electrons. The van der Waals surface area contributed by atoms with Crippen LogP contribution in [0.2, 0.25) is 0 Å². The van der Waals surface area contributed by atoms with Crippen molar-refractivity contribution in [3.63, 3.8) is 0 Å². The van der Waals surface area contributed by atoms with Crippen molar-refractivity contribution in [2.45, 2.75) is 32.8 Å². The van der Waals surface area contributed by atoms with Crippen LogP contribution >= 0.6 is 0 Å². The molecule has 4 heteroatoms. The van der Waals surface area contributed by atoms with Crippen molar-refractivity contribution in [2.75, 3.05) is 19.0 Å². The van der Waals surface area contributed by atoms with Gasteiger partial charge in [-0.25, -0.2) is 9.97 Å². The highest BCUT2D eigenvalue weighted by molar-refractivity contribution is 5.61. The molecule has 110 valence electrons. The van der Waals surface area contributed by atoms with E-state index in [9.17, 15) is 0 Å². The maximum atomic E-state index is 5.20. The lowest BCUT2D eigenvalue weighted by atomic mass is 10.1. The maximum absolute atomic E-state index is 5.20. The molecule has 1 N–H and O–H groups in total. The van der Waals surface area contributed by atoms with Crippen LogP contribution in [0.3, 0.4) is 0 Å². The highest BCUT2D eigenvalue weighted by atomic mass is 16.5. The van der Waals surface area contributed by atoms with Gasteiger partial charge in [0.05, 0.1) is 6.61 Å². The van der Waals surface area contributed by atoms with Crippen molar-refractivity contribution >= 4 is 5.82 Å². The summed E-state index contributed by atoms with van der Waals surface area (Å²) in [5.41, 5.74) is 4.70. The molecule has 1 aromatic heterocycles. The number of ether oxygens (including phenoxy) is 1. The van der Waals surface area contributed by atoms with E-state index in [-0.39, 0.29) is 0 Å². The second kappa shape index (κ2) is 6.22. The minimum absolute atomic E-state index is 0.610. The first-order chi connectivity index (χ1) is 10.3. The Labute approximate surface area is 125 Å². The Morgan fingerprint density at radius 2 is 2.14 bits per heavy atom. The molecule has 4 nitrogen and oxygen atoms in total. The molecule has 1 aromatic carbocycles. The predicted molar refractivity (Wildman–Crippen MR) is 84.4 cm³/mol. The molecule has 0 amide bonds. The standard InChI is InChI=1S/C17H21N3O/c1-3-18-17-14-8-5-9-15(14)19-16(20-17)13-7-4-6-12(10-13)11-21-2/h4,6-7,10H,3,5,8-9,11H2,1-2H3,(H,18,19,20). The lowest BCUT2D eigenvalue weighted by molar-refractivity contribution is 0.185. The van der Waals surface area contributed by atoms with Crippen LogP contribution in [0.1, 0.15) is 30.2 Å². The number of aromatic nitrogens is 2. The number of nitrogens with zero attached hydrogens (tertiary/aromatic N) is 2. The van der Waals surface area contributed by atoms with Crippen LogP contribution in [0.4, 0.5) is 5.82 Å². The third kappa shape index (κ3) is 2.90. The van der Waals surface area contributed by atoms with E-state index >= 15 is 0 Å². The molecule has 2 aromatic rings. The fraction of sp³-hybridized carbons (Fsp3) is 0.412. The Morgan fingerprint density at radius 3 is 2.95 bits per heavy atom. The summed E-state index contributed by atoms with van der Waals surface area (Å²) in [6, 6.07) is 8.26. The van der Waals surface area contributed by atoms with Gasteiger partial charge in [0.25, 0.3) is 0 Å². The number of hydrogen-bond acceptors (Lipinski definition) is 4. The van der Waals surface area contributed by atoms with E-state index < -0.39 is 0 Å².